The van der Waals surface area contributed by atoms with E-state index >= 15 is 0 Å². The number of alkyl halides is 3. The topological polar surface area (TPSA) is 112 Å². The van der Waals surface area contributed by atoms with Gasteiger partial charge in [0.15, 0.2) is 0 Å². The predicted octanol–water partition coefficient (Wildman–Crippen LogP) is 4.31. The minimum atomic E-state index is -4.49. The third-order valence-electron chi connectivity index (χ3n) is 7.20. The number of hydrogen-bond donors (Lipinski definition) is 3. The number of rotatable bonds is 10. The van der Waals surface area contributed by atoms with Gasteiger partial charge in [0.25, 0.3) is 5.91 Å². The zero-order valence-corrected chi connectivity index (χ0v) is 24.5. The molecule has 2 aliphatic heterocycles. The van der Waals surface area contributed by atoms with Crippen LogP contribution >= 0.6 is 0 Å². The van der Waals surface area contributed by atoms with Crippen LogP contribution in [0.25, 0.3) is 5.70 Å². The summed E-state index contributed by atoms with van der Waals surface area (Å²) in [5, 5.41) is 5.83. The fraction of sp³-hybridized carbons (Fsp3) is 0.387. The number of carbonyl (C=O) groups excluding carboxylic acids is 2. The number of carbonyl (C=O) groups is 2. The highest BCUT2D eigenvalue weighted by Gasteiger charge is 2.35. The summed E-state index contributed by atoms with van der Waals surface area (Å²) in [6, 6.07) is 10.3. The van der Waals surface area contributed by atoms with E-state index < -0.39 is 17.6 Å². The number of allylic oxidation sites excluding steroid dienone is 2. The largest absolute Gasteiger partial charge is 0.457 e. The van der Waals surface area contributed by atoms with Crippen molar-refractivity contribution in [1.29, 1.82) is 0 Å². The lowest BCUT2D eigenvalue weighted by atomic mass is 10.1. The predicted molar refractivity (Wildman–Crippen MR) is 161 cm³/mol. The first-order valence-corrected chi connectivity index (χ1v) is 14.2. The molecule has 2 saturated heterocycles. The normalized spacial score (nSPS) is 18.9. The fourth-order valence-electron chi connectivity index (χ4n) is 4.92. The van der Waals surface area contributed by atoms with E-state index in [0.29, 0.717) is 68.3 Å². The van der Waals surface area contributed by atoms with Crippen molar-refractivity contribution in [3.05, 3.63) is 71.4 Å². The molecule has 4 rings (SSSR count). The molecule has 2 aromatic carbocycles. The smallest absolute Gasteiger partial charge is 0.418 e. The standard InChI is InChI=1S/C31H37F3N6O3/c1-4-5-25(38-27(29(35)41)18-20(2)37-26-12-13-36-30(26)42)21-6-8-22(9-7-21)43-23-10-11-24(31(32,33)34)28(19-23)40-16-14-39(3)15-17-40/h5-11,18-19,26,37H,4,12-17H2,1-3H3,(H2,35,41)(H,36,42)/b20-18+,25-5+,38-27-/t26-/m0/s1. The molecule has 230 valence electrons. The van der Waals surface area contributed by atoms with Gasteiger partial charge >= 0.3 is 6.18 Å². The molecule has 2 heterocycles. The summed E-state index contributed by atoms with van der Waals surface area (Å²) >= 11 is 0. The van der Waals surface area contributed by atoms with E-state index in [0.717, 1.165) is 6.07 Å². The highest BCUT2D eigenvalue weighted by Crippen LogP contribution is 2.40. The molecule has 0 saturated carbocycles. The molecule has 2 fully saturated rings. The van der Waals surface area contributed by atoms with Crippen LogP contribution in [-0.2, 0) is 15.8 Å². The summed E-state index contributed by atoms with van der Waals surface area (Å²) in [6.07, 6.45) is 0.134. The number of hydrogen-bond acceptors (Lipinski definition) is 7. The average molecular weight is 599 g/mol. The van der Waals surface area contributed by atoms with Gasteiger partial charge in [0, 0.05) is 50.1 Å². The number of halogens is 3. The van der Waals surface area contributed by atoms with Gasteiger partial charge in [-0.15, -0.1) is 0 Å². The molecule has 12 heteroatoms. The Bertz CT molecular complexity index is 1410. The van der Waals surface area contributed by atoms with Gasteiger partial charge in [-0.2, -0.15) is 13.2 Å². The second kappa shape index (κ2) is 13.8. The van der Waals surface area contributed by atoms with Crippen LogP contribution in [0.5, 0.6) is 11.5 Å². The number of piperazine rings is 1. The molecule has 0 bridgehead atoms. The highest BCUT2D eigenvalue weighted by atomic mass is 19.4. The van der Waals surface area contributed by atoms with E-state index in [1.807, 2.05) is 20.0 Å². The van der Waals surface area contributed by atoms with E-state index in [-0.39, 0.29) is 29.1 Å². The summed E-state index contributed by atoms with van der Waals surface area (Å²) in [5.41, 5.74) is 6.82. The molecule has 2 amide bonds. The summed E-state index contributed by atoms with van der Waals surface area (Å²) in [7, 11) is 1.94. The Labute approximate surface area is 249 Å². The van der Waals surface area contributed by atoms with Crippen molar-refractivity contribution in [2.24, 2.45) is 10.7 Å². The van der Waals surface area contributed by atoms with Gasteiger partial charge in [-0.25, -0.2) is 4.99 Å². The number of ether oxygens (including phenoxy) is 1. The van der Waals surface area contributed by atoms with Crippen LogP contribution in [0.2, 0.25) is 0 Å². The Hall–Kier alpha value is -4.32. The summed E-state index contributed by atoms with van der Waals surface area (Å²) in [6.45, 7) is 6.55. The zero-order valence-electron chi connectivity index (χ0n) is 24.5. The molecule has 0 spiro atoms. The fourth-order valence-corrected chi connectivity index (χ4v) is 4.92. The number of benzene rings is 2. The number of nitrogens with one attached hydrogen (secondary N) is 2. The van der Waals surface area contributed by atoms with Crippen molar-refractivity contribution in [2.75, 3.05) is 44.7 Å². The van der Waals surface area contributed by atoms with Crippen molar-refractivity contribution in [3.63, 3.8) is 0 Å². The lowest BCUT2D eigenvalue weighted by Gasteiger charge is -2.35. The number of anilines is 1. The van der Waals surface area contributed by atoms with Gasteiger partial charge in [-0.3, -0.25) is 9.59 Å². The van der Waals surface area contributed by atoms with Crippen LogP contribution in [-0.4, -0.2) is 68.2 Å². The first-order chi connectivity index (χ1) is 20.4. The zero-order chi connectivity index (χ0) is 31.1. The molecule has 0 unspecified atom stereocenters. The third kappa shape index (κ3) is 8.38. The van der Waals surface area contributed by atoms with Crippen LogP contribution in [0, 0.1) is 0 Å². The Morgan fingerprint density at radius 1 is 1.14 bits per heavy atom. The number of nitrogens with zero attached hydrogens (tertiary/aromatic N) is 3. The molecule has 2 aromatic rings. The number of aliphatic imine (C=N–C) groups is 1. The third-order valence-corrected chi connectivity index (χ3v) is 7.20. The molecule has 0 aliphatic carbocycles. The van der Waals surface area contributed by atoms with Gasteiger partial charge in [-0.05, 0) is 69.3 Å². The van der Waals surface area contributed by atoms with Gasteiger partial charge in [-0.1, -0.05) is 13.0 Å². The van der Waals surface area contributed by atoms with Crippen LogP contribution in [0.1, 0.15) is 37.8 Å². The van der Waals surface area contributed by atoms with Crippen molar-refractivity contribution >= 4 is 28.9 Å². The van der Waals surface area contributed by atoms with Crippen molar-refractivity contribution in [2.45, 2.75) is 38.9 Å². The minimum Gasteiger partial charge on any atom is -0.457 e. The van der Waals surface area contributed by atoms with E-state index in [1.165, 1.54) is 18.2 Å². The van der Waals surface area contributed by atoms with E-state index in [2.05, 4.69) is 20.5 Å². The monoisotopic (exact) mass is 598 g/mol. The summed E-state index contributed by atoms with van der Waals surface area (Å²) in [4.78, 5) is 32.4. The highest BCUT2D eigenvalue weighted by molar-refractivity contribution is 6.43. The van der Waals surface area contributed by atoms with Gasteiger partial charge in [0.05, 0.1) is 16.9 Å². The maximum Gasteiger partial charge on any atom is 0.418 e. The van der Waals surface area contributed by atoms with E-state index in [9.17, 15) is 22.8 Å². The molecule has 9 nitrogen and oxygen atoms in total. The minimum absolute atomic E-state index is 0.0182. The number of primary amides is 1. The Balaban J connectivity index is 1.54. The molecule has 43 heavy (non-hydrogen) atoms. The molecular formula is C31H37F3N6O3. The Morgan fingerprint density at radius 3 is 2.40 bits per heavy atom. The molecule has 1 atom stereocenters. The van der Waals surface area contributed by atoms with Crippen molar-refractivity contribution in [1.82, 2.24) is 15.5 Å². The maximum atomic E-state index is 13.8. The number of nitrogens with two attached hydrogens (primary N) is 1. The molecule has 4 N–H and O–H groups in total. The van der Waals surface area contributed by atoms with Gasteiger partial charge in [0.1, 0.15) is 23.3 Å². The number of likely N-dealkylation sites (N-methyl/N-ethyl adjacent to an activating group) is 1. The Kier molecular flexibility index (Phi) is 10.1. The van der Waals surface area contributed by atoms with Crippen LogP contribution in [0.4, 0.5) is 18.9 Å². The molecule has 0 aromatic heterocycles. The quantitative estimate of drug-likeness (QED) is 0.352. The molecular weight excluding hydrogens is 561 g/mol. The van der Waals surface area contributed by atoms with Crippen molar-refractivity contribution in [3.8, 4) is 11.5 Å². The molecule has 0 radical (unpaired) electrons. The second-order valence-corrected chi connectivity index (χ2v) is 10.6. The second-order valence-electron chi connectivity index (χ2n) is 10.6. The van der Waals surface area contributed by atoms with Crippen molar-refractivity contribution < 1.29 is 27.5 Å². The molecule has 2 aliphatic rings. The lowest BCUT2D eigenvalue weighted by molar-refractivity contribution is -0.137. The summed E-state index contributed by atoms with van der Waals surface area (Å²) in [5.74, 6) is -0.113. The van der Waals surface area contributed by atoms with Crippen LogP contribution in [0.3, 0.4) is 0 Å². The average Bonchev–Trinajstić information content (AvgIpc) is 3.36. The Morgan fingerprint density at radius 2 is 1.81 bits per heavy atom. The summed E-state index contributed by atoms with van der Waals surface area (Å²) < 4.78 is 47.3. The van der Waals surface area contributed by atoms with Gasteiger partial charge < -0.3 is 30.9 Å². The van der Waals surface area contributed by atoms with E-state index in [1.54, 1.807) is 36.1 Å². The van der Waals surface area contributed by atoms with Gasteiger partial charge in [0.2, 0.25) is 5.91 Å². The SMILES string of the molecule is CC/C=C(/N=C(/C=C(\C)N[C@H]1CCNC1=O)C(N)=O)c1ccc(Oc2ccc(C(F)(F)F)c(N3CCN(C)CC3)c2)cc1. The first kappa shape index (κ1) is 31.6. The lowest BCUT2D eigenvalue weighted by Crippen LogP contribution is -2.45. The first-order valence-electron chi connectivity index (χ1n) is 14.2. The van der Waals surface area contributed by atoms with E-state index in [4.69, 9.17) is 10.5 Å². The maximum absolute atomic E-state index is 13.8. The number of amides is 2. The van der Waals surface area contributed by atoms with Crippen LogP contribution < -0.4 is 26.0 Å². The van der Waals surface area contributed by atoms with Crippen LogP contribution in [0.15, 0.2) is 65.3 Å².